The number of sulfonamides is 1. The summed E-state index contributed by atoms with van der Waals surface area (Å²) in [6.07, 6.45) is 0. The molecule has 28 heavy (non-hydrogen) atoms. The molecule has 7 heteroatoms. The molecule has 0 heterocycles. The first-order valence-corrected chi connectivity index (χ1v) is 10.2. The van der Waals surface area contributed by atoms with Crippen molar-refractivity contribution < 1.29 is 12.8 Å². The van der Waals surface area contributed by atoms with Gasteiger partial charge in [0.25, 0.3) is 0 Å². The van der Waals surface area contributed by atoms with Crippen LogP contribution in [0, 0.1) is 17.1 Å². The van der Waals surface area contributed by atoms with Crippen LogP contribution in [0.5, 0.6) is 0 Å². The van der Waals surface area contributed by atoms with E-state index in [1.54, 1.807) is 42.5 Å². The summed E-state index contributed by atoms with van der Waals surface area (Å²) < 4.78 is 41.8. The van der Waals surface area contributed by atoms with Gasteiger partial charge in [0.05, 0.1) is 16.5 Å². The molecule has 0 aliphatic heterocycles. The average Bonchev–Trinajstić information content (AvgIpc) is 2.70. The van der Waals surface area contributed by atoms with Gasteiger partial charge in [-0.05, 0) is 48.0 Å². The minimum Gasteiger partial charge on any atom is -0.207 e. The zero-order valence-electron chi connectivity index (χ0n) is 14.7. The quantitative estimate of drug-likeness (QED) is 0.585. The highest BCUT2D eigenvalue weighted by Gasteiger charge is 2.26. The van der Waals surface area contributed by atoms with E-state index in [0.29, 0.717) is 16.1 Å². The highest BCUT2D eigenvalue weighted by Crippen LogP contribution is 2.23. The Labute approximate surface area is 168 Å². The summed E-state index contributed by atoms with van der Waals surface area (Å²) in [7, 11) is -3.90. The maximum absolute atomic E-state index is 14.2. The zero-order chi connectivity index (χ0) is 20.1. The molecule has 3 aromatic rings. The van der Waals surface area contributed by atoms with E-state index in [2.05, 4.69) is 0 Å². The van der Waals surface area contributed by atoms with Crippen LogP contribution in [0.15, 0.2) is 77.7 Å². The highest BCUT2D eigenvalue weighted by molar-refractivity contribution is 7.89. The van der Waals surface area contributed by atoms with Crippen LogP contribution in [-0.2, 0) is 23.1 Å². The van der Waals surface area contributed by atoms with E-state index < -0.39 is 15.8 Å². The van der Waals surface area contributed by atoms with Crippen LogP contribution < -0.4 is 0 Å². The van der Waals surface area contributed by atoms with Crippen LogP contribution in [0.2, 0.25) is 5.02 Å². The van der Waals surface area contributed by atoms with Gasteiger partial charge in [-0.3, -0.25) is 0 Å². The first-order chi connectivity index (χ1) is 13.4. The van der Waals surface area contributed by atoms with Crippen molar-refractivity contribution in [3.63, 3.8) is 0 Å². The number of halogens is 2. The normalized spacial score (nSPS) is 11.4. The van der Waals surface area contributed by atoms with Gasteiger partial charge in [0.2, 0.25) is 10.0 Å². The number of nitriles is 1. The number of rotatable bonds is 6. The summed E-state index contributed by atoms with van der Waals surface area (Å²) in [5.41, 5.74) is 1.44. The van der Waals surface area contributed by atoms with E-state index >= 15 is 0 Å². The summed E-state index contributed by atoms with van der Waals surface area (Å²) >= 11 is 5.87. The number of nitrogens with zero attached hydrogens (tertiary/aromatic N) is 2. The Bertz CT molecular complexity index is 1110. The maximum Gasteiger partial charge on any atom is 0.243 e. The Morgan fingerprint density at radius 1 is 0.929 bits per heavy atom. The fourth-order valence-corrected chi connectivity index (χ4v) is 4.22. The average molecular weight is 415 g/mol. The van der Waals surface area contributed by atoms with E-state index in [9.17, 15) is 12.8 Å². The summed E-state index contributed by atoms with van der Waals surface area (Å²) in [5.74, 6) is -0.473. The lowest BCUT2D eigenvalue weighted by Gasteiger charge is -2.23. The molecular weight excluding hydrogens is 399 g/mol. The first kappa shape index (κ1) is 20.0. The van der Waals surface area contributed by atoms with Gasteiger partial charge >= 0.3 is 0 Å². The van der Waals surface area contributed by atoms with Crippen LogP contribution in [0.1, 0.15) is 16.7 Å². The van der Waals surface area contributed by atoms with Gasteiger partial charge in [0, 0.05) is 23.7 Å². The summed E-state index contributed by atoms with van der Waals surface area (Å²) in [6, 6.07) is 20.5. The molecule has 142 valence electrons. The van der Waals surface area contributed by atoms with Gasteiger partial charge in [-0.25, -0.2) is 12.8 Å². The van der Waals surface area contributed by atoms with Crippen molar-refractivity contribution >= 4 is 21.6 Å². The Balaban J connectivity index is 1.98. The third kappa shape index (κ3) is 4.57. The molecule has 0 N–H and O–H groups in total. The molecule has 0 bridgehead atoms. The van der Waals surface area contributed by atoms with E-state index in [0.717, 1.165) is 0 Å². The molecule has 0 aliphatic rings. The molecule has 0 atom stereocenters. The number of benzene rings is 3. The van der Waals surface area contributed by atoms with Crippen molar-refractivity contribution in [2.45, 2.75) is 18.0 Å². The number of hydrogen-bond acceptors (Lipinski definition) is 3. The third-order valence-corrected chi connectivity index (χ3v) is 6.26. The van der Waals surface area contributed by atoms with E-state index in [1.807, 2.05) is 6.07 Å². The van der Waals surface area contributed by atoms with Gasteiger partial charge in [-0.1, -0.05) is 41.9 Å². The molecule has 3 rings (SSSR count). The highest BCUT2D eigenvalue weighted by atomic mass is 35.5. The monoisotopic (exact) mass is 414 g/mol. The van der Waals surface area contributed by atoms with Gasteiger partial charge < -0.3 is 0 Å². The molecule has 0 unspecified atom stereocenters. The standard InChI is InChI=1S/C21H16ClFN2O2S/c22-19-9-11-20(12-10-19)28(26,27)25(15-18-3-1-2-4-21(18)23)14-17-7-5-16(13-24)6-8-17/h1-12H,14-15H2. The third-order valence-electron chi connectivity index (χ3n) is 4.20. The molecule has 0 fully saturated rings. The zero-order valence-corrected chi connectivity index (χ0v) is 16.3. The lowest BCUT2D eigenvalue weighted by molar-refractivity contribution is 0.394. The van der Waals surface area contributed by atoms with Crippen LogP contribution in [-0.4, -0.2) is 12.7 Å². The fraction of sp³-hybridized carbons (Fsp3) is 0.0952. The molecule has 0 amide bonds. The van der Waals surface area contributed by atoms with E-state index in [1.165, 1.54) is 34.6 Å². The minimum atomic E-state index is -3.90. The van der Waals surface area contributed by atoms with Crippen LogP contribution in [0.4, 0.5) is 4.39 Å². The van der Waals surface area contributed by atoms with Crippen molar-refractivity contribution in [2.24, 2.45) is 0 Å². The number of hydrogen-bond donors (Lipinski definition) is 0. The van der Waals surface area contributed by atoms with E-state index in [4.69, 9.17) is 16.9 Å². The summed E-state index contributed by atoms with van der Waals surface area (Å²) in [5, 5.41) is 9.35. The predicted molar refractivity (Wildman–Crippen MR) is 105 cm³/mol. The first-order valence-electron chi connectivity index (χ1n) is 8.38. The minimum absolute atomic E-state index is 0.0327. The Hall–Kier alpha value is -2.72. The predicted octanol–water partition coefficient (Wildman–Crippen LogP) is 4.74. The fourth-order valence-electron chi connectivity index (χ4n) is 2.69. The second-order valence-electron chi connectivity index (χ2n) is 6.13. The molecule has 0 spiro atoms. The van der Waals surface area contributed by atoms with Crippen molar-refractivity contribution in [3.8, 4) is 6.07 Å². The molecule has 0 saturated heterocycles. The van der Waals surface area contributed by atoms with Crippen molar-refractivity contribution in [3.05, 3.63) is 100 Å². The second kappa shape index (κ2) is 8.53. The van der Waals surface area contributed by atoms with Crippen molar-refractivity contribution in [2.75, 3.05) is 0 Å². The smallest absolute Gasteiger partial charge is 0.207 e. The van der Waals surface area contributed by atoms with Crippen molar-refractivity contribution in [1.29, 1.82) is 5.26 Å². The van der Waals surface area contributed by atoms with Gasteiger partial charge in [0.1, 0.15) is 5.82 Å². The van der Waals surface area contributed by atoms with Gasteiger partial charge in [0.15, 0.2) is 0 Å². The van der Waals surface area contributed by atoms with Crippen molar-refractivity contribution in [1.82, 2.24) is 4.31 Å². The summed E-state index contributed by atoms with van der Waals surface area (Å²) in [4.78, 5) is 0.0712. The largest absolute Gasteiger partial charge is 0.243 e. The van der Waals surface area contributed by atoms with E-state index in [-0.39, 0.29) is 23.5 Å². The SMILES string of the molecule is N#Cc1ccc(CN(Cc2ccccc2F)S(=O)(=O)c2ccc(Cl)cc2)cc1. The second-order valence-corrected chi connectivity index (χ2v) is 8.50. The van der Waals surface area contributed by atoms with Crippen LogP contribution in [0.25, 0.3) is 0 Å². The van der Waals surface area contributed by atoms with Gasteiger partial charge in [-0.2, -0.15) is 9.57 Å². The lowest BCUT2D eigenvalue weighted by Crippen LogP contribution is -2.30. The molecule has 0 aromatic heterocycles. The lowest BCUT2D eigenvalue weighted by atomic mass is 10.1. The topological polar surface area (TPSA) is 61.2 Å². The Morgan fingerprint density at radius 2 is 1.57 bits per heavy atom. The molecular formula is C21H16ClFN2O2S. The molecule has 0 radical (unpaired) electrons. The molecule has 4 nitrogen and oxygen atoms in total. The summed E-state index contributed by atoms with van der Waals surface area (Å²) in [6.45, 7) is -0.0946. The Kier molecular flexibility index (Phi) is 6.10. The Morgan fingerprint density at radius 3 is 2.18 bits per heavy atom. The molecule has 0 saturated carbocycles. The molecule has 3 aromatic carbocycles. The maximum atomic E-state index is 14.2. The van der Waals surface area contributed by atoms with Crippen LogP contribution >= 0.6 is 11.6 Å². The molecule has 0 aliphatic carbocycles. The van der Waals surface area contributed by atoms with Gasteiger partial charge in [-0.15, -0.1) is 0 Å². The van der Waals surface area contributed by atoms with Crippen LogP contribution in [0.3, 0.4) is 0 Å².